The Hall–Kier alpha value is -0.770. The third-order valence-corrected chi connectivity index (χ3v) is 3.32. The molecule has 4 nitrogen and oxygen atoms in total. The van der Waals surface area contributed by atoms with Crippen LogP contribution in [0.15, 0.2) is 4.99 Å². The van der Waals surface area contributed by atoms with Crippen molar-refractivity contribution in [1.29, 1.82) is 0 Å². The van der Waals surface area contributed by atoms with E-state index in [-0.39, 0.29) is 0 Å². The fourth-order valence-corrected chi connectivity index (χ4v) is 2.21. The van der Waals surface area contributed by atoms with E-state index in [0.717, 1.165) is 25.6 Å². The van der Waals surface area contributed by atoms with Crippen molar-refractivity contribution in [3.05, 3.63) is 0 Å². The molecule has 0 bridgehead atoms. The van der Waals surface area contributed by atoms with Crippen molar-refractivity contribution in [3.63, 3.8) is 0 Å². The lowest BCUT2D eigenvalue weighted by atomic mass is 10.2. The number of hydrogen-bond donors (Lipinski definition) is 2. The van der Waals surface area contributed by atoms with Crippen LogP contribution in [-0.4, -0.2) is 50.6 Å². The highest BCUT2D eigenvalue weighted by atomic mass is 15.2. The lowest BCUT2D eigenvalue weighted by molar-refractivity contribution is 0.289. The minimum Gasteiger partial charge on any atom is -0.356 e. The van der Waals surface area contributed by atoms with Crippen molar-refractivity contribution in [2.24, 2.45) is 10.9 Å². The second-order valence-corrected chi connectivity index (χ2v) is 5.53. The minimum atomic E-state index is 0.647. The molecule has 0 saturated carbocycles. The van der Waals surface area contributed by atoms with Crippen LogP contribution in [0, 0.1) is 5.92 Å². The Balaban J connectivity index is 2.14. The summed E-state index contributed by atoms with van der Waals surface area (Å²) in [5.41, 5.74) is 0. The molecule has 4 heteroatoms. The largest absolute Gasteiger partial charge is 0.356 e. The molecule has 1 saturated heterocycles. The predicted molar refractivity (Wildman–Crippen MR) is 79.1 cm³/mol. The van der Waals surface area contributed by atoms with Crippen LogP contribution in [0.2, 0.25) is 0 Å². The maximum Gasteiger partial charge on any atom is 0.191 e. The van der Waals surface area contributed by atoms with Gasteiger partial charge in [-0.2, -0.15) is 0 Å². The van der Waals surface area contributed by atoms with Crippen molar-refractivity contribution in [3.8, 4) is 0 Å². The SMILES string of the molecule is CN=C(NCCN1CCCCCC1)NCC(C)C. The summed E-state index contributed by atoms with van der Waals surface area (Å²) in [7, 11) is 1.83. The fourth-order valence-electron chi connectivity index (χ4n) is 2.21. The summed E-state index contributed by atoms with van der Waals surface area (Å²) in [5, 5.41) is 6.73. The van der Waals surface area contributed by atoms with Gasteiger partial charge in [-0.15, -0.1) is 0 Å². The molecule has 0 aliphatic carbocycles. The molecule has 0 spiro atoms. The molecule has 0 aromatic carbocycles. The van der Waals surface area contributed by atoms with Gasteiger partial charge >= 0.3 is 0 Å². The summed E-state index contributed by atoms with van der Waals surface area (Å²) in [6.45, 7) is 10.0. The number of hydrogen-bond acceptors (Lipinski definition) is 2. The van der Waals surface area contributed by atoms with E-state index in [2.05, 4.69) is 34.4 Å². The lowest BCUT2D eigenvalue weighted by Crippen LogP contribution is -2.42. The normalized spacial score (nSPS) is 18.8. The molecule has 0 atom stereocenters. The van der Waals surface area contributed by atoms with E-state index in [0.29, 0.717) is 5.92 Å². The maximum absolute atomic E-state index is 4.24. The molecule has 1 aliphatic rings. The van der Waals surface area contributed by atoms with Crippen LogP contribution in [0.25, 0.3) is 0 Å². The van der Waals surface area contributed by atoms with Gasteiger partial charge in [0.2, 0.25) is 0 Å². The molecule has 2 N–H and O–H groups in total. The molecule has 18 heavy (non-hydrogen) atoms. The third-order valence-electron chi connectivity index (χ3n) is 3.32. The quantitative estimate of drug-likeness (QED) is 0.579. The molecule has 0 radical (unpaired) electrons. The van der Waals surface area contributed by atoms with Crippen LogP contribution >= 0.6 is 0 Å². The first-order valence-corrected chi connectivity index (χ1v) is 7.39. The van der Waals surface area contributed by atoms with Gasteiger partial charge in [-0.1, -0.05) is 26.7 Å². The van der Waals surface area contributed by atoms with Gasteiger partial charge < -0.3 is 15.5 Å². The zero-order valence-corrected chi connectivity index (χ0v) is 12.3. The van der Waals surface area contributed by atoms with E-state index in [4.69, 9.17) is 0 Å². The van der Waals surface area contributed by atoms with Crippen LogP contribution in [0.3, 0.4) is 0 Å². The number of likely N-dealkylation sites (tertiary alicyclic amines) is 1. The summed E-state index contributed by atoms with van der Waals surface area (Å²) in [5.74, 6) is 1.58. The molecule has 0 unspecified atom stereocenters. The summed E-state index contributed by atoms with van der Waals surface area (Å²) in [6, 6.07) is 0. The van der Waals surface area contributed by atoms with Gasteiger partial charge in [0.1, 0.15) is 0 Å². The van der Waals surface area contributed by atoms with Gasteiger partial charge in [-0.05, 0) is 31.8 Å². The summed E-state index contributed by atoms with van der Waals surface area (Å²) in [6.07, 6.45) is 5.53. The maximum atomic E-state index is 4.24. The summed E-state index contributed by atoms with van der Waals surface area (Å²) >= 11 is 0. The zero-order valence-electron chi connectivity index (χ0n) is 12.3. The summed E-state index contributed by atoms with van der Waals surface area (Å²) < 4.78 is 0. The molecular formula is C14H30N4. The summed E-state index contributed by atoms with van der Waals surface area (Å²) in [4.78, 5) is 6.80. The van der Waals surface area contributed by atoms with Crippen molar-refractivity contribution in [2.75, 3.05) is 39.8 Å². The van der Waals surface area contributed by atoms with Gasteiger partial charge in [0.05, 0.1) is 0 Å². The van der Waals surface area contributed by atoms with Gasteiger partial charge in [0.25, 0.3) is 0 Å². The Morgan fingerprint density at radius 1 is 1.11 bits per heavy atom. The molecule has 0 aromatic heterocycles. The Bertz CT molecular complexity index is 230. The number of nitrogens with zero attached hydrogens (tertiary/aromatic N) is 2. The average Bonchev–Trinajstić information content (AvgIpc) is 2.62. The molecular weight excluding hydrogens is 224 g/mol. The van der Waals surface area contributed by atoms with Crippen molar-refractivity contribution < 1.29 is 0 Å². The van der Waals surface area contributed by atoms with E-state index < -0.39 is 0 Å². The van der Waals surface area contributed by atoms with E-state index in [9.17, 15) is 0 Å². The van der Waals surface area contributed by atoms with Crippen LogP contribution in [0.5, 0.6) is 0 Å². The number of guanidine groups is 1. The van der Waals surface area contributed by atoms with Crippen molar-refractivity contribution in [1.82, 2.24) is 15.5 Å². The minimum absolute atomic E-state index is 0.647. The second-order valence-electron chi connectivity index (χ2n) is 5.53. The number of aliphatic imine (C=N–C) groups is 1. The topological polar surface area (TPSA) is 39.7 Å². The van der Waals surface area contributed by atoms with Crippen molar-refractivity contribution >= 4 is 5.96 Å². The highest BCUT2D eigenvalue weighted by Gasteiger charge is 2.08. The third kappa shape index (κ3) is 6.84. The van der Waals surface area contributed by atoms with E-state index >= 15 is 0 Å². The molecule has 106 valence electrons. The van der Waals surface area contributed by atoms with E-state index in [1.165, 1.54) is 38.8 Å². The first-order valence-electron chi connectivity index (χ1n) is 7.39. The molecule has 1 rings (SSSR count). The number of rotatable bonds is 5. The highest BCUT2D eigenvalue weighted by Crippen LogP contribution is 2.08. The molecule has 1 aliphatic heterocycles. The second kappa shape index (κ2) is 9.20. The molecule has 0 aromatic rings. The molecule has 1 heterocycles. The Labute approximate surface area is 112 Å². The first-order chi connectivity index (χ1) is 8.72. The number of nitrogens with one attached hydrogen (secondary N) is 2. The Kier molecular flexibility index (Phi) is 7.81. The fraction of sp³-hybridized carbons (Fsp3) is 0.929. The Morgan fingerprint density at radius 3 is 2.33 bits per heavy atom. The lowest BCUT2D eigenvalue weighted by Gasteiger charge is -2.21. The van der Waals surface area contributed by atoms with Gasteiger partial charge in [-0.3, -0.25) is 4.99 Å². The van der Waals surface area contributed by atoms with Crippen LogP contribution in [0.4, 0.5) is 0 Å². The average molecular weight is 254 g/mol. The smallest absolute Gasteiger partial charge is 0.191 e. The van der Waals surface area contributed by atoms with Crippen LogP contribution in [0.1, 0.15) is 39.5 Å². The first kappa shape index (κ1) is 15.3. The zero-order chi connectivity index (χ0) is 13.2. The Morgan fingerprint density at radius 2 is 1.78 bits per heavy atom. The molecule has 0 amide bonds. The highest BCUT2D eigenvalue weighted by molar-refractivity contribution is 5.79. The van der Waals surface area contributed by atoms with Crippen LogP contribution < -0.4 is 10.6 Å². The van der Waals surface area contributed by atoms with E-state index in [1.807, 2.05) is 7.05 Å². The standard InChI is InChI=1S/C14H30N4/c1-13(2)12-17-14(15-3)16-8-11-18-9-6-4-5-7-10-18/h13H,4-12H2,1-3H3,(H2,15,16,17). The monoisotopic (exact) mass is 254 g/mol. The van der Waals surface area contributed by atoms with E-state index in [1.54, 1.807) is 0 Å². The van der Waals surface area contributed by atoms with Gasteiger partial charge in [0, 0.05) is 26.7 Å². The van der Waals surface area contributed by atoms with Gasteiger partial charge in [-0.25, -0.2) is 0 Å². The van der Waals surface area contributed by atoms with Crippen LogP contribution in [-0.2, 0) is 0 Å². The molecule has 1 fully saturated rings. The van der Waals surface area contributed by atoms with Gasteiger partial charge in [0.15, 0.2) is 5.96 Å². The predicted octanol–water partition coefficient (Wildman–Crippen LogP) is 1.68. The van der Waals surface area contributed by atoms with Crippen molar-refractivity contribution in [2.45, 2.75) is 39.5 Å².